The van der Waals surface area contributed by atoms with Crippen LogP contribution in [0.25, 0.3) is 6.08 Å². The molecule has 1 aliphatic carbocycles. The standard InChI is InChI=1S/C22H18O7/c1-27-12-16(20(24)15-9-13-5-2-3-6-14(13)10-15)11-18(23)17-7-4-8-19-21(17)29-22(25,26)28-19/h2-9,12,25-26H,10-11H2,1H3/b16-12-. The SMILES string of the molecule is CO/C=C(/CC(=O)c1cccc2c1OC(O)(O)O2)C(=O)C1=Cc2ccccc2C1. The van der Waals surface area contributed by atoms with Crippen LogP contribution in [0.15, 0.2) is 59.9 Å². The van der Waals surface area contributed by atoms with Crippen molar-refractivity contribution in [3.63, 3.8) is 0 Å². The molecule has 1 aliphatic heterocycles. The molecule has 0 amide bonds. The van der Waals surface area contributed by atoms with Crippen molar-refractivity contribution in [2.75, 3.05) is 7.11 Å². The number of carbonyl (C=O) groups is 2. The average Bonchev–Trinajstić information content (AvgIpc) is 3.25. The molecule has 0 saturated carbocycles. The quantitative estimate of drug-likeness (QED) is 0.336. The smallest absolute Gasteiger partial charge is 0.504 e. The number of hydrogen-bond donors (Lipinski definition) is 2. The van der Waals surface area contributed by atoms with Crippen LogP contribution in [0.5, 0.6) is 11.5 Å². The van der Waals surface area contributed by atoms with Crippen LogP contribution >= 0.6 is 0 Å². The zero-order valence-electron chi connectivity index (χ0n) is 15.5. The van der Waals surface area contributed by atoms with Crippen LogP contribution < -0.4 is 9.47 Å². The molecule has 7 heteroatoms. The maximum absolute atomic E-state index is 13.0. The van der Waals surface area contributed by atoms with Crippen molar-refractivity contribution in [3.8, 4) is 11.5 Å². The summed E-state index contributed by atoms with van der Waals surface area (Å²) in [4.78, 5) is 25.9. The highest BCUT2D eigenvalue weighted by Gasteiger charge is 2.40. The molecule has 7 nitrogen and oxygen atoms in total. The molecule has 0 radical (unpaired) electrons. The second-order valence-electron chi connectivity index (χ2n) is 6.74. The lowest BCUT2D eigenvalue weighted by Gasteiger charge is -2.12. The van der Waals surface area contributed by atoms with E-state index in [9.17, 15) is 19.8 Å². The third-order valence-corrected chi connectivity index (χ3v) is 4.72. The zero-order valence-corrected chi connectivity index (χ0v) is 15.5. The Balaban J connectivity index is 1.57. The maximum Gasteiger partial charge on any atom is 0.505 e. The molecule has 0 spiro atoms. The van der Waals surface area contributed by atoms with Crippen molar-refractivity contribution in [2.45, 2.75) is 19.0 Å². The number of hydrogen-bond acceptors (Lipinski definition) is 7. The molecule has 2 aliphatic rings. The Hall–Kier alpha value is -3.42. The number of carbonyl (C=O) groups excluding carboxylic acids is 2. The predicted molar refractivity (Wildman–Crippen MR) is 102 cm³/mol. The second kappa shape index (κ2) is 7.20. The van der Waals surface area contributed by atoms with Crippen molar-refractivity contribution in [2.24, 2.45) is 0 Å². The van der Waals surface area contributed by atoms with Crippen LogP contribution in [0.2, 0.25) is 0 Å². The molecule has 1 heterocycles. The molecule has 0 atom stereocenters. The van der Waals surface area contributed by atoms with Crippen LogP contribution in [-0.4, -0.2) is 35.0 Å². The molecule has 2 N–H and O–H groups in total. The van der Waals surface area contributed by atoms with E-state index in [1.807, 2.05) is 30.3 Å². The van der Waals surface area contributed by atoms with E-state index in [0.29, 0.717) is 12.0 Å². The fourth-order valence-electron chi connectivity index (χ4n) is 3.44. The topological polar surface area (TPSA) is 102 Å². The van der Waals surface area contributed by atoms with Gasteiger partial charge in [-0.1, -0.05) is 30.3 Å². The molecule has 0 bridgehead atoms. The van der Waals surface area contributed by atoms with Gasteiger partial charge in [0.15, 0.2) is 23.1 Å². The molecule has 4 rings (SSSR count). The van der Waals surface area contributed by atoms with Crippen LogP contribution in [0.3, 0.4) is 0 Å². The second-order valence-corrected chi connectivity index (χ2v) is 6.74. The Bertz CT molecular complexity index is 1060. The minimum absolute atomic E-state index is 0.0263. The lowest BCUT2D eigenvalue weighted by atomic mass is 9.96. The number of allylic oxidation sites excluding steroid dienone is 2. The number of benzene rings is 2. The molecule has 0 saturated heterocycles. The summed E-state index contributed by atoms with van der Waals surface area (Å²) < 4.78 is 14.8. The van der Waals surface area contributed by atoms with Gasteiger partial charge in [-0.3, -0.25) is 19.8 Å². The molecule has 148 valence electrons. The zero-order chi connectivity index (χ0) is 20.6. The summed E-state index contributed by atoms with van der Waals surface area (Å²) >= 11 is 0. The molecular formula is C22H18O7. The summed E-state index contributed by atoms with van der Waals surface area (Å²) in [7, 11) is 1.40. The molecule has 2 aromatic carbocycles. The first-order valence-electron chi connectivity index (χ1n) is 8.92. The van der Waals surface area contributed by atoms with Crippen molar-refractivity contribution in [1.29, 1.82) is 0 Å². The highest BCUT2D eigenvalue weighted by atomic mass is 17.0. The van der Waals surface area contributed by atoms with Gasteiger partial charge >= 0.3 is 6.16 Å². The van der Waals surface area contributed by atoms with Gasteiger partial charge in [0.1, 0.15) is 0 Å². The molecule has 0 unspecified atom stereocenters. The minimum atomic E-state index is -2.83. The maximum atomic E-state index is 13.0. The molecular weight excluding hydrogens is 376 g/mol. The van der Waals surface area contributed by atoms with Crippen LogP contribution in [-0.2, 0) is 16.0 Å². The number of rotatable bonds is 6. The lowest BCUT2D eigenvalue weighted by molar-refractivity contribution is -0.385. The van der Waals surface area contributed by atoms with E-state index in [2.05, 4.69) is 0 Å². The first-order chi connectivity index (χ1) is 13.9. The van der Waals surface area contributed by atoms with Gasteiger partial charge in [0, 0.05) is 24.0 Å². The van der Waals surface area contributed by atoms with Crippen LogP contribution in [0, 0.1) is 0 Å². The third kappa shape index (κ3) is 3.65. The van der Waals surface area contributed by atoms with Crippen molar-refractivity contribution >= 4 is 17.6 Å². The molecule has 29 heavy (non-hydrogen) atoms. The Morgan fingerprint density at radius 1 is 1.14 bits per heavy atom. The summed E-state index contributed by atoms with van der Waals surface area (Å²) in [5.74, 6) is -0.784. The van der Waals surface area contributed by atoms with Gasteiger partial charge in [-0.05, 0) is 29.3 Å². The third-order valence-electron chi connectivity index (χ3n) is 4.72. The van der Waals surface area contributed by atoms with Crippen LogP contribution in [0.1, 0.15) is 27.9 Å². The number of ether oxygens (including phenoxy) is 3. The molecule has 2 aromatic rings. The van der Waals surface area contributed by atoms with E-state index < -0.39 is 11.9 Å². The number of para-hydroxylation sites is 1. The fraction of sp³-hybridized carbons (Fsp3) is 0.182. The van der Waals surface area contributed by atoms with Gasteiger partial charge in [-0.25, -0.2) is 0 Å². The first-order valence-corrected chi connectivity index (χ1v) is 8.92. The fourth-order valence-corrected chi connectivity index (χ4v) is 3.44. The van der Waals surface area contributed by atoms with Gasteiger partial charge in [0.25, 0.3) is 0 Å². The first kappa shape index (κ1) is 18.9. The highest BCUT2D eigenvalue weighted by molar-refractivity contribution is 6.16. The molecule has 0 aromatic heterocycles. The van der Waals surface area contributed by atoms with Crippen molar-refractivity contribution < 1.29 is 34.0 Å². The van der Waals surface area contributed by atoms with E-state index in [1.165, 1.54) is 31.6 Å². The number of Topliss-reactive ketones (excluding diaryl/α,β-unsaturated/α-hetero) is 2. The summed E-state index contributed by atoms with van der Waals surface area (Å²) in [5, 5.41) is 19.0. The minimum Gasteiger partial charge on any atom is -0.504 e. The average molecular weight is 394 g/mol. The summed E-state index contributed by atoms with van der Waals surface area (Å²) in [6.07, 6.45) is 0.478. The lowest BCUT2D eigenvalue weighted by Crippen LogP contribution is -2.37. The van der Waals surface area contributed by atoms with E-state index in [4.69, 9.17) is 14.2 Å². The number of fused-ring (bicyclic) bond motifs is 2. The van der Waals surface area contributed by atoms with Crippen molar-refractivity contribution in [3.05, 3.63) is 76.6 Å². The predicted octanol–water partition coefficient (Wildman–Crippen LogP) is 2.37. The van der Waals surface area contributed by atoms with E-state index >= 15 is 0 Å². The summed E-state index contributed by atoms with van der Waals surface area (Å²) in [6, 6.07) is 12.1. The van der Waals surface area contributed by atoms with E-state index in [1.54, 1.807) is 0 Å². The van der Waals surface area contributed by atoms with Crippen LogP contribution in [0.4, 0.5) is 0 Å². The van der Waals surface area contributed by atoms with E-state index in [0.717, 1.165) is 11.1 Å². The van der Waals surface area contributed by atoms with Gasteiger partial charge < -0.3 is 14.2 Å². The highest BCUT2D eigenvalue weighted by Crippen LogP contribution is 2.41. The van der Waals surface area contributed by atoms with Gasteiger partial charge in [-0.15, -0.1) is 0 Å². The Morgan fingerprint density at radius 2 is 1.93 bits per heavy atom. The largest absolute Gasteiger partial charge is 0.505 e. The van der Waals surface area contributed by atoms with Crippen molar-refractivity contribution in [1.82, 2.24) is 0 Å². The van der Waals surface area contributed by atoms with Gasteiger partial charge in [0.2, 0.25) is 0 Å². The van der Waals surface area contributed by atoms with E-state index in [-0.39, 0.29) is 34.8 Å². The van der Waals surface area contributed by atoms with Gasteiger partial charge in [0.05, 0.1) is 18.9 Å². The van der Waals surface area contributed by atoms with Gasteiger partial charge in [-0.2, -0.15) is 0 Å². The number of methoxy groups -OCH3 is 1. The normalized spacial score (nSPS) is 16.2. The molecule has 0 fully saturated rings. The number of aliphatic hydroxyl groups is 2. The Morgan fingerprint density at radius 3 is 2.69 bits per heavy atom. The summed E-state index contributed by atoms with van der Waals surface area (Å²) in [5.41, 5.74) is 2.86. The number of ketones is 2. The Labute approximate surface area is 166 Å². The monoisotopic (exact) mass is 394 g/mol. The Kier molecular flexibility index (Phi) is 4.70. The summed E-state index contributed by atoms with van der Waals surface area (Å²) in [6.45, 7) is 0.